The van der Waals surface area contributed by atoms with Crippen molar-refractivity contribution in [2.45, 2.75) is 6.16 Å². The van der Waals surface area contributed by atoms with Gasteiger partial charge in [-0.15, -0.1) is 0 Å². The SMILES string of the molecule is CO.[CH-]=O.[Mn+][Br].c1ccc([PH+](Cc2cccc(-c3ccccn3)n2)c2ccccc2)cc1. The molecule has 0 radical (unpaired) electrons. The molecule has 0 atom stereocenters. The van der Waals surface area contributed by atoms with Crippen molar-refractivity contribution in [3.05, 3.63) is 109 Å². The summed E-state index contributed by atoms with van der Waals surface area (Å²) >= 11 is 5.50. The summed E-state index contributed by atoms with van der Waals surface area (Å²) in [6.07, 6.45) is 2.77. The predicted molar refractivity (Wildman–Crippen MR) is 135 cm³/mol. The van der Waals surface area contributed by atoms with Crippen LogP contribution in [0.3, 0.4) is 0 Å². The first kappa shape index (κ1) is 27.8. The van der Waals surface area contributed by atoms with Crippen molar-refractivity contribution in [1.82, 2.24) is 9.97 Å². The van der Waals surface area contributed by atoms with Crippen molar-refractivity contribution in [3.8, 4) is 11.4 Å². The minimum absolute atomic E-state index is 0.919. The second-order valence-electron chi connectivity index (χ2n) is 6.12. The Kier molecular flexibility index (Phi) is 15.1. The number of halogens is 1. The molecule has 0 unspecified atom stereocenters. The molecular weight excluding hydrogens is 526 g/mol. The number of aliphatic hydroxyl groups is 1. The zero-order chi connectivity index (χ0) is 23.6. The minimum Gasteiger partial charge on any atom is -0.255 e. The Bertz CT molecular complexity index is 957. The molecule has 0 saturated carbocycles. The molecule has 32 heavy (non-hydrogen) atoms. The van der Waals surface area contributed by atoms with Gasteiger partial charge in [-0.2, -0.15) is 0 Å². The second kappa shape index (κ2) is 17.4. The van der Waals surface area contributed by atoms with Crippen LogP contribution >= 0.6 is 22.0 Å². The zero-order valence-electron chi connectivity index (χ0n) is 17.6. The summed E-state index contributed by atoms with van der Waals surface area (Å²) in [5.74, 6) is 0. The molecule has 0 bridgehead atoms. The van der Waals surface area contributed by atoms with Gasteiger partial charge < -0.3 is 9.90 Å². The monoisotopic (exact) mass is 550 g/mol. The molecule has 0 aliphatic heterocycles. The van der Waals surface area contributed by atoms with Crippen molar-refractivity contribution < 1.29 is 24.1 Å². The van der Waals surface area contributed by atoms with E-state index in [9.17, 15) is 0 Å². The molecule has 0 fully saturated rings. The summed E-state index contributed by atoms with van der Waals surface area (Å²) in [7, 11) is 0.0671. The third kappa shape index (κ3) is 8.74. The number of rotatable bonds is 5. The molecule has 7 heteroatoms. The number of carbonyl (C=O) groups excluding carboxylic acids is 1. The summed E-state index contributed by atoms with van der Waals surface area (Å²) in [4.78, 5) is 17.1. The van der Waals surface area contributed by atoms with Crippen LogP contribution in [0.25, 0.3) is 11.4 Å². The van der Waals surface area contributed by atoms with Crippen LogP contribution in [-0.2, 0) is 25.2 Å². The molecule has 4 rings (SSSR count). The van der Waals surface area contributed by atoms with Gasteiger partial charge in [0.25, 0.3) is 0 Å². The molecule has 2 heterocycles. The van der Waals surface area contributed by atoms with Crippen LogP contribution in [0.1, 0.15) is 5.69 Å². The number of hydrogen-bond acceptors (Lipinski definition) is 4. The Morgan fingerprint density at radius 1 is 0.750 bits per heavy atom. The van der Waals surface area contributed by atoms with Crippen LogP contribution in [0, 0.1) is 0 Å². The van der Waals surface area contributed by atoms with E-state index in [-0.39, 0.29) is 0 Å². The summed E-state index contributed by atoms with van der Waals surface area (Å²) in [6.45, 7) is 3.25. The number of benzene rings is 2. The van der Waals surface area contributed by atoms with E-state index in [4.69, 9.17) is 14.9 Å². The molecule has 1 N–H and O–H groups in total. The van der Waals surface area contributed by atoms with Crippen molar-refractivity contribution in [3.63, 3.8) is 0 Å². The average molecular weight is 551 g/mol. The second-order valence-corrected chi connectivity index (χ2v) is 8.58. The molecule has 4 aromatic rings. The predicted octanol–water partition coefficient (Wildman–Crippen LogP) is 4.69. The Hall–Kier alpha value is -2.20. The summed E-state index contributed by atoms with van der Waals surface area (Å²) in [6, 6.07) is 33.8. The molecule has 165 valence electrons. The maximum atomic E-state index is 7.75. The molecule has 0 amide bonds. The van der Waals surface area contributed by atoms with Crippen LogP contribution in [0.5, 0.6) is 0 Å². The zero-order valence-corrected chi connectivity index (χ0v) is 21.4. The normalized spacial score (nSPS) is 9.25. The van der Waals surface area contributed by atoms with E-state index in [2.05, 4.69) is 113 Å². The average Bonchev–Trinajstić information content (AvgIpc) is 2.92. The van der Waals surface area contributed by atoms with Gasteiger partial charge in [0, 0.05) is 13.3 Å². The summed E-state index contributed by atoms with van der Waals surface area (Å²) < 4.78 is 0. The van der Waals surface area contributed by atoms with Crippen molar-refractivity contribution >= 4 is 39.4 Å². The quantitative estimate of drug-likeness (QED) is 0.169. The molecule has 0 saturated heterocycles. The van der Waals surface area contributed by atoms with Crippen molar-refractivity contribution in [2.75, 3.05) is 7.11 Å². The number of aromatic nitrogens is 2. The summed E-state index contributed by atoms with van der Waals surface area (Å²) in [5, 5.41) is 9.82. The van der Waals surface area contributed by atoms with Crippen LogP contribution in [0.4, 0.5) is 0 Å². The van der Waals surface area contributed by atoms with E-state index >= 15 is 0 Å². The van der Waals surface area contributed by atoms with Gasteiger partial charge in [-0.05, 0) is 48.5 Å². The third-order valence-corrected chi connectivity index (χ3v) is 7.11. The molecule has 0 aliphatic carbocycles. The van der Waals surface area contributed by atoms with Crippen molar-refractivity contribution in [2.24, 2.45) is 0 Å². The topological polar surface area (TPSA) is 63.1 Å². The van der Waals surface area contributed by atoms with E-state index in [1.165, 1.54) is 10.6 Å². The van der Waals surface area contributed by atoms with E-state index < -0.39 is 7.92 Å². The van der Waals surface area contributed by atoms with Crippen LogP contribution in [0.15, 0.2) is 103 Å². The van der Waals surface area contributed by atoms with Gasteiger partial charge in [0.2, 0.25) is 0 Å². The number of pyridine rings is 2. The first-order valence-electron chi connectivity index (χ1n) is 9.57. The number of aliphatic hydroxyl groups excluding tert-OH is 1. The fraction of sp³-hybridized carbons (Fsp3) is 0.0800. The largest absolute Gasteiger partial charge is 0.255 e. The summed E-state index contributed by atoms with van der Waals surface area (Å²) in [5.41, 5.74) is 2.97. The minimum atomic E-state index is -0.933. The number of hydrogen-bond donors (Lipinski definition) is 1. The van der Waals surface area contributed by atoms with E-state index in [1.54, 1.807) is 0 Å². The smallest absolute Gasteiger partial charge is 0.108 e. The van der Waals surface area contributed by atoms with Gasteiger partial charge in [0.15, 0.2) is 0 Å². The third-order valence-electron chi connectivity index (χ3n) is 4.34. The van der Waals surface area contributed by atoms with Crippen molar-refractivity contribution in [1.29, 1.82) is 0 Å². The first-order chi connectivity index (χ1) is 15.9. The van der Waals surface area contributed by atoms with Crippen LogP contribution < -0.4 is 10.6 Å². The standard InChI is InChI=1S/C23H19N2P.CH4O.CHO.BrH.Mn/c1-3-11-20(12-4-1)26(21-13-5-2-6-14-21)18-19-10-9-16-23(25-19)22-15-7-8-17-24-22;2*1-2;;/h1-17H,18H2;2H,1H3;1H;1H;/q;;-1;;+2. The number of nitrogens with zero attached hydrogens (tertiary/aromatic N) is 2. The van der Waals surface area contributed by atoms with Crippen LogP contribution in [0.2, 0.25) is 0 Å². The molecule has 2 aromatic heterocycles. The molecule has 2 aromatic carbocycles. The van der Waals surface area contributed by atoms with Gasteiger partial charge >= 0.3 is 28.3 Å². The van der Waals surface area contributed by atoms with Crippen LogP contribution in [-0.4, -0.2) is 29.0 Å². The van der Waals surface area contributed by atoms with Gasteiger partial charge in [0.05, 0.1) is 35.6 Å². The van der Waals surface area contributed by atoms with Gasteiger partial charge in [-0.25, -0.2) is 4.98 Å². The molecule has 4 nitrogen and oxygen atoms in total. The Morgan fingerprint density at radius 2 is 1.25 bits per heavy atom. The fourth-order valence-electron chi connectivity index (χ4n) is 3.07. The van der Waals surface area contributed by atoms with E-state index in [0.29, 0.717) is 0 Å². The Balaban J connectivity index is 0.000000789. The van der Waals surface area contributed by atoms with E-state index in [0.717, 1.165) is 30.4 Å². The van der Waals surface area contributed by atoms with Gasteiger partial charge in [-0.1, -0.05) is 48.5 Å². The maximum absolute atomic E-state index is 7.75. The molecule has 0 aliphatic rings. The fourth-order valence-corrected chi connectivity index (χ4v) is 5.56. The maximum Gasteiger partial charge on any atom is 0.108 e. The Labute approximate surface area is 206 Å². The molecule has 0 spiro atoms. The van der Waals surface area contributed by atoms with Gasteiger partial charge in [0.1, 0.15) is 6.16 Å². The molecular formula is C25H25BrMnN2O2P+. The Morgan fingerprint density at radius 3 is 1.75 bits per heavy atom. The first-order valence-corrected chi connectivity index (χ1v) is 14.2. The van der Waals surface area contributed by atoms with E-state index in [1.807, 2.05) is 30.5 Å². The van der Waals surface area contributed by atoms with Gasteiger partial charge in [-0.3, -0.25) is 11.8 Å².